The fourth-order valence-corrected chi connectivity index (χ4v) is 3.00. The first-order valence-corrected chi connectivity index (χ1v) is 8.03. The molecule has 2 saturated carbocycles. The highest BCUT2D eigenvalue weighted by Crippen LogP contribution is 2.31. The molecular weight excluding hydrogens is 254 g/mol. The van der Waals surface area contributed by atoms with Crippen molar-refractivity contribution < 1.29 is 14.6 Å². The Bertz CT molecular complexity index is 343. The van der Waals surface area contributed by atoms with Gasteiger partial charge in [0.05, 0.1) is 6.10 Å². The second kappa shape index (κ2) is 6.44. The molecule has 4 atom stereocenters. The predicted octanol–water partition coefficient (Wildman–Crippen LogP) is 2.81. The lowest BCUT2D eigenvalue weighted by Crippen LogP contribution is -2.51. The van der Waals surface area contributed by atoms with E-state index in [9.17, 15) is 9.90 Å². The number of ether oxygens (including phenoxy) is 1. The van der Waals surface area contributed by atoms with Gasteiger partial charge in [-0.15, -0.1) is 0 Å². The third-order valence-corrected chi connectivity index (χ3v) is 5.08. The van der Waals surface area contributed by atoms with Crippen molar-refractivity contribution in [1.82, 2.24) is 5.32 Å². The van der Waals surface area contributed by atoms with Crippen molar-refractivity contribution in [3.8, 4) is 0 Å². The average Bonchev–Trinajstić information content (AvgIpc) is 3.17. The van der Waals surface area contributed by atoms with Gasteiger partial charge in [0.15, 0.2) is 0 Å². The topological polar surface area (TPSA) is 58.6 Å². The van der Waals surface area contributed by atoms with Crippen LogP contribution < -0.4 is 5.32 Å². The molecular formula is C16H29NO3. The highest BCUT2D eigenvalue weighted by molar-refractivity contribution is 5.78. The van der Waals surface area contributed by atoms with Gasteiger partial charge in [-0.3, -0.25) is 10.1 Å². The standard InChI is InChI=1S/C16H29NO3/c1-11-4-7-14(10-12(11)2)20-9-8-16(3,15(18)19)17-13-5-6-13/h11-14,17H,4-10H2,1-3H3,(H,18,19). The van der Waals surface area contributed by atoms with Crippen molar-refractivity contribution in [1.29, 1.82) is 0 Å². The summed E-state index contributed by atoms with van der Waals surface area (Å²) in [7, 11) is 0. The van der Waals surface area contributed by atoms with Crippen LogP contribution in [-0.4, -0.2) is 35.4 Å². The zero-order chi connectivity index (χ0) is 14.8. The summed E-state index contributed by atoms with van der Waals surface area (Å²) in [5.74, 6) is 0.735. The smallest absolute Gasteiger partial charge is 0.323 e. The number of hydrogen-bond acceptors (Lipinski definition) is 3. The van der Waals surface area contributed by atoms with Crippen LogP contribution in [0.25, 0.3) is 0 Å². The Morgan fingerprint density at radius 3 is 2.50 bits per heavy atom. The van der Waals surface area contributed by atoms with Crippen LogP contribution in [0.2, 0.25) is 0 Å². The number of carboxylic acid groups (broad SMARTS) is 1. The van der Waals surface area contributed by atoms with Crippen molar-refractivity contribution >= 4 is 5.97 Å². The molecule has 0 aromatic rings. The summed E-state index contributed by atoms with van der Waals surface area (Å²) in [6, 6.07) is 0.395. The van der Waals surface area contributed by atoms with Gasteiger partial charge in [0.1, 0.15) is 5.54 Å². The monoisotopic (exact) mass is 283 g/mol. The van der Waals surface area contributed by atoms with E-state index in [0.29, 0.717) is 31.1 Å². The minimum atomic E-state index is -0.839. The number of carbonyl (C=O) groups is 1. The summed E-state index contributed by atoms with van der Waals surface area (Å²) in [6.07, 6.45) is 6.51. The van der Waals surface area contributed by atoms with Gasteiger partial charge >= 0.3 is 5.97 Å². The maximum atomic E-state index is 11.4. The minimum absolute atomic E-state index is 0.320. The molecule has 20 heavy (non-hydrogen) atoms. The zero-order valence-electron chi connectivity index (χ0n) is 13.0. The SMILES string of the molecule is CC1CCC(OCCC(C)(NC2CC2)C(=O)O)CC1C. The molecule has 0 heterocycles. The molecule has 0 aliphatic heterocycles. The molecule has 2 aliphatic carbocycles. The predicted molar refractivity (Wildman–Crippen MR) is 78.7 cm³/mol. The quantitative estimate of drug-likeness (QED) is 0.754. The average molecular weight is 283 g/mol. The normalized spacial score (nSPS) is 33.6. The van der Waals surface area contributed by atoms with Gasteiger partial charge in [-0.2, -0.15) is 0 Å². The van der Waals surface area contributed by atoms with Gasteiger partial charge in [0, 0.05) is 12.6 Å². The van der Waals surface area contributed by atoms with E-state index in [4.69, 9.17) is 4.74 Å². The third kappa shape index (κ3) is 4.19. The number of carboxylic acids is 1. The first-order valence-electron chi connectivity index (χ1n) is 8.03. The third-order valence-electron chi connectivity index (χ3n) is 5.08. The van der Waals surface area contributed by atoms with Gasteiger partial charge in [-0.1, -0.05) is 13.8 Å². The van der Waals surface area contributed by atoms with Crippen LogP contribution >= 0.6 is 0 Å². The molecule has 2 aliphatic rings. The van der Waals surface area contributed by atoms with Crippen molar-refractivity contribution in [2.24, 2.45) is 11.8 Å². The lowest BCUT2D eigenvalue weighted by Gasteiger charge is -2.33. The van der Waals surface area contributed by atoms with Crippen molar-refractivity contribution in [2.75, 3.05) is 6.61 Å². The first-order chi connectivity index (χ1) is 9.40. The highest BCUT2D eigenvalue weighted by atomic mass is 16.5. The summed E-state index contributed by atoms with van der Waals surface area (Å²) in [5.41, 5.74) is -0.839. The number of hydrogen-bond donors (Lipinski definition) is 2. The maximum absolute atomic E-state index is 11.4. The van der Waals surface area contributed by atoms with Crippen LogP contribution in [-0.2, 0) is 9.53 Å². The molecule has 0 saturated heterocycles. The van der Waals surface area contributed by atoms with E-state index in [0.717, 1.165) is 31.6 Å². The maximum Gasteiger partial charge on any atom is 0.323 e. The van der Waals surface area contributed by atoms with Crippen LogP contribution in [0.5, 0.6) is 0 Å². The molecule has 0 aromatic heterocycles. The number of aliphatic carboxylic acids is 1. The van der Waals surface area contributed by atoms with Gasteiger partial charge in [0.25, 0.3) is 0 Å². The molecule has 0 radical (unpaired) electrons. The van der Waals surface area contributed by atoms with Crippen LogP contribution in [0.15, 0.2) is 0 Å². The lowest BCUT2D eigenvalue weighted by atomic mass is 9.80. The Kier molecular flexibility index (Phi) is 5.08. The fraction of sp³-hybridized carbons (Fsp3) is 0.938. The molecule has 0 aromatic carbocycles. The fourth-order valence-electron chi connectivity index (χ4n) is 3.00. The van der Waals surface area contributed by atoms with Crippen LogP contribution in [0.3, 0.4) is 0 Å². The minimum Gasteiger partial charge on any atom is -0.480 e. The molecule has 4 nitrogen and oxygen atoms in total. The Labute approximate surface area is 122 Å². The van der Waals surface area contributed by atoms with E-state index in [1.54, 1.807) is 6.92 Å². The van der Waals surface area contributed by atoms with Gasteiger partial charge < -0.3 is 9.84 Å². The molecule has 4 unspecified atom stereocenters. The Morgan fingerprint density at radius 1 is 1.25 bits per heavy atom. The molecule has 4 heteroatoms. The van der Waals surface area contributed by atoms with E-state index in [1.165, 1.54) is 6.42 Å². The van der Waals surface area contributed by atoms with E-state index in [2.05, 4.69) is 19.2 Å². The van der Waals surface area contributed by atoms with E-state index >= 15 is 0 Å². The van der Waals surface area contributed by atoms with Crippen LogP contribution in [0.4, 0.5) is 0 Å². The van der Waals surface area contributed by atoms with Gasteiger partial charge in [-0.05, 0) is 57.3 Å². The molecule has 0 amide bonds. The first kappa shape index (κ1) is 15.8. The second-order valence-electron chi connectivity index (χ2n) is 7.07. The molecule has 116 valence electrons. The van der Waals surface area contributed by atoms with Crippen molar-refractivity contribution in [2.45, 2.75) is 77.0 Å². The van der Waals surface area contributed by atoms with E-state index in [1.807, 2.05) is 0 Å². The van der Waals surface area contributed by atoms with Crippen LogP contribution in [0, 0.1) is 11.8 Å². The van der Waals surface area contributed by atoms with Crippen LogP contribution in [0.1, 0.15) is 59.3 Å². The molecule has 2 fully saturated rings. The summed E-state index contributed by atoms with van der Waals surface area (Å²) in [6.45, 7) is 6.91. The Morgan fingerprint density at radius 2 is 1.95 bits per heavy atom. The molecule has 2 rings (SSSR count). The second-order valence-corrected chi connectivity index (χ2v) is 7.07. The van der Waals surface area contributed by atoms with Gasteiger partial charge in [0.2, 0.25) is 0 Å². The summed E-state index contributed by atoms with van der Waals surface area (Å²) in [5, 5.41) is 12.6. The largest absolute Gasteiger partial charge is 0.480 e. The Hall–Kier alpha value is -0.610. The van der Waals surface area contributed by atoms with Gasteiger partial charge in [-0.25, -0.2) is 0 Å². The molecule has 0 spiro atoms. The zero-order valence-corrected chi connectivity index (χ0v) is 13.0. The molecule has 0 bridgehead atoms. The number of nitrogens with one attached hydrogen (secondary N) is 1. The summed E-state index contributed by atoms with van der Waals surface area (Å²) < 4.78 is 5.95. The van der Waals surface area contributed by atoms with Crippen molar-refractivity contribution in [3.63, 3.8) is 0 Å². The summed E-state index contributed by atoms with van der Waals surface area (Å²) in [4.78, 5) is 11.4. The lowest BCUT2D eigenvalue weighted by molar-refractivity contribution is -0.145. The number of rotatable bonds is 7. The Balaban J connectivity index is 1.74. The highest BCUT2D eigenvalue weighted by Gasteiger charge is 2.38. The van der Waals surface area contributed by atoms with E-state index < -0.39 is 11.5 Å². The molecule has 2 N–H and O–H groups in total. The van der Waals surface area contributed by atoms with E-state index in [-0.39, 0.29) is 0 Å². The summed E-state index contributed by atoms with van der Waals surface area (Å²) >= 11 is 0. The van der Waals surface area contributed by atoms with Crippen molar-refractivity contribution in [3.05, 3.63) is 0 Å².